The fraction of sp³-hybridized carbons (Fsp3) is 0.261. The standard InChI is InChI=1S/C23H24N4O2/c1-16-21(17(2)27(25-16)20-7-4-3-5-8-20)15-22(28)24-18-10-12-19(13-11-18)26-14-6-9-23(26)29/h3-5,7-8,10-13H,6,9,14-15H2,1-2H3,(H,24,28). The summed E-state index contributed by atoms with van der Waals surface area (Å²) in [6.45, 7) is 4.67. The number of para-hydroxylation sites is 1. The summed E-state index contributed by atoms with van der Waals surface area (Å²) in [4.78, 5) is 26.3. The zero-order valence-electron chi connectivity index (χ0n) is 16.7. The summed E-state index contributed by atoms with van der Waals surface area (Å²) in [5.74, 6) is 0.0666. The molecule has 4 rings (SSSR count). The second kappa shape index (κ2) is 7.91. The van der Waals surface area contributed by atoms with Crippen molar-refractivity contribution in [3.05, 3.63) is 71.5 Å². The highest BCUT2D eigenvalue weighted by atomic mass is 16.2. The highest BCUT2D eigenvalue weighted by molar-refractivity contribution is 5.96. The molecule has 0 radical (unpaired) electrons. The van der Waals surface area contributed by atoms with E-state index in [4.69, 9.17) is 0 Å². The van der Waals surface area contributed by atoms with E-state index in [1.54, 1.807) is 4.90 Å². The number of aromatic nitrogens is 2. The molecule has 29 heavy (non-hydrogen) atoms. The van der Waals surface area contributed by atoms with Crippen molar-refractivity contribution >= 4 is 23.2 Å². The van der Waals surface area contributed by atoms with Gasteiger partial charge in [0.05, 0.1) is 17.8 Å². The average Bonchev–Trinajstić information content (AvgIpc) is 3.27. The van der Waals surface area contributed by atoms with Crippen LogP contribution in [0.4, 0.5) is 11.4 Å². The molecule has 1 aliphatic heterocycles. The van der Waals surface area contributed by atoms with E-state index in [2.05, 4.69) is 10.4 Å². The molecule has 1 fully saturated rings. The molecular weight excluding hydrogens is 364 g/mol. The molecular formula is C23H24N4O2. The van der Waals surface area contributed by atoms with Gasteiger partial charge in [-0.2, -0.15) is 5.10 Å². The maximum absolute atomic E-state index is 12.6. The molecule has 148 valence electrons. The van der Waals surface area contributed by atoms with E-state index in [0.717, 1.165) is 47.0 Å². The Morgan fingerprint density at radius 1 is 1.03 bits per heavy atom. The van der Waals surface area contributed by atoms with Crippen molar-refractivity contribution in [2.24, 2.45) is 0 Å². The first kappa shape index (κ1) is 18.9. The number of anilines is 2. The number of nitrogens with one attached hydrogen (secondary N) is 1. The number of nitrogens with zero attached hydrogens (tertiary/aromatic N) is 3. The maximum Gasteiger partial charge on any atom is 0.228 e. The van der Waals surface area contributed by atoms with Crippen LogP contribution < -0.4 is 10.2 Å². The Morgan fingerprint density at radius 2 is 1.76 bits per heavy atom. The Hall–Kier alpha value is -3.41. The minimum absolute atomic E-state index is 0.0891. The molecule has 0 atom stereocenters. The number of hydrogen-bond donors (Lipinski definition) is 1. The first-order chi connectivity index (χ1) is 14.0. The quantitative estimate of drug-likeness (QED) is 0.723. The minimum atomic E-state index is -0.0891. The third-order valence-corrected chi connectivity index (χ3v) is 5.32. The van der Waals surface area contributed by atoms with Crippen molar-refractivity contribution in [3.8, 4) is 5.69 Å². The number of carbonyl (C=O) groups is 2. The topological polar surface area (TPSA) is 67.2 Å². The highest BCUT2D eigenvalue weighted by Gasteiger charge is 2.21. The lowest BCUT2D eigenvalue weighted by atomic mass is 10.1. The van der Waals surface area contributed by atoms with E-state index >= 15 is 0 Å². The zero-order chi connectivity index (χ0) is 20.4. The second-order valence-corrected chi connectivity index (χ2v) is 7.32. The molecule has 1 aliphatic rings. The highest BCUT2D eigenvalue weighted by Crippen LogP contribution is 2.23. The lowest BCUT2D eigenvalue weighted by molar-refractivity contribution is -0.117. The Morgan fingerprint density at radius 3 is 2.41 bits per heavy atom. The summed E-state index contributed by atoms with van der Waals surface area (Å²) >= 11 is 0. The molecule has 0 saturated carbocycles. The van der Waals surface area contributed by atoms with Gasteiger partial charge in [0.25, 0.3) is 0 Å². The predicted molar refractivity (Wildman–Crippen MR) is 113 cm³/mol. The zero-order valence-corrected chi connectivity index (χ0v) is 16.7. The van der Waals surface area contributed by atoms with Crippen LogP contribution in [0.2, 0.25) is 0 Å². The monoisotopic (exact) mass is 388 g/mol. The van der Waals surface area contributed by atoms with Crippen LogP contribution in [-0.4, -0.2) is 28.1 Å². The maximum atomic E-state index is 12.6. The van der Waals surface area contributed by atoms with Crippen molar-refractivity contribution in [2.45, 2.75) is 33.1 Å². The van der Waals surface area contributed by atoms with Crippen molar-refractivity contribution < 1.29 is 9.59 Å². The molecule has 6 heteroatoms. The third-order valence-electron chi connectivity index (χ3n) is 5.32. The lowest BCUT2D eigenvalue weighted by Gasteiger charge is -2.16. The largest absolute Gasteiger partial charge is 0.326 e. The van der Waals surface area contributed by atoms with E-state index in [-0.39, 0.29) is 18.2 Å². The first-order valence-electron chi connectivity index (χ1n) is 9.84. The van der Waals surface area contributed by atoms with E-state index in [9.17, 15) is 9.59 Å². The van der Waals surface area contributed by atoms with E-state index in [1.807, 2.05) is 73.1 Å². The van der Waals surface area contributed by atoms with Gasteiger partial charge in [-0.25, -0.2) is 4.68 Å². The minimum Gasteiger partial charge on any atom is -0.326 e. The van der Waals surface area contributed by atoms with Crippen LogP contribution in [0.15, 0.2) is 54.6 Å². The van der Waals surface area contributed by atoms with Crippen molar-refractivity contribution in [2.75, 3.05) is 16.8 Å². The molecule has 0 spiro atoms. The average molecular weight is 388 g/mol. The fourth-order valence-electron chi connectivity index (χ4n) is 3.76. The number of rotatable bonds is 5. The molecule has 1 aromatic heterocycles. The van der Waals surface area contributed by atoms with E-state index < -0.39 is 0 Å². The van der Waals surface area contributed by atoms with Gasteiger partial charge in [0.15, 0.2) is 0 Å². The summed E-state index contributed by atoms with van der Waals surface area (Å²) in [6, 6.07) is 17.3. The van der Waals surface area contributed by atoms with Gasteiger partial charge in [0.2, 0.25) is 11.8 Å². The van der Waals surface area contributed by atoms with Gasteiger partial charge < -0.3 is 10.2 Å². The molecule has 6 nitrogen and oxygen atoms in total. The molecule has 2 aromatic carbocycles. The summed E-state index contributed by atoms with van der Waals surface area (Å²) in [6.07, 6.45) is 1.76. The van der Waals surface area contributed by atoms with Crippen molar-refractivity contribution in [1.29, 1.82) is 0 Å². The molecule has 1 saturated heterocycles. The Labute approximate surface area is 170 Å². The van der Waals surface area contributed by atoms with Gasteiger partial charge in [-0.15, -0.1) is 0 Å². The van der Waals surface area contributed by atoms with Crippen LogP contribution >= 0.6 is 0 Å². The van der Waals surface area contributed by atoms with E-state index in [1.165, 1.54) is 0 Å². The number of benzene rings is 2. The van der Waals surface area contributed by atoms with Crippen LogP contribution in [0.1, 0.15) is 29.8 Å². The normalized spacial score (nSPS) is 13.7. The number of hydrogen-bond acceptors (Lipinski definition) is 3. The summed E-state index contributed by atoms with van der Waals surface area (Å²) in [5.41, 5.74) is 5.33. The van der Waals surface area contributed by atoms with Crippen molar-refractivity contribution in [1.82, 2.24) is 9.78 Å². The van der Waals surface area contributed by atoms with Gasteiger partial charge in [0, 0.05) is 35.6 Å². The lowest BCUT2D eigenvalue weighted by Crippen LogP contribution is -2.23. The molecule has 0 bridgehead atoms. The fourth-order valence-corrected chi connectivity index (χ4v) is 3.76. The second-order valence-electron chi connectivity index (χ2n) is 7.32. The Kier molecular flexibility index (Phi) is 5.16. The van der Waals surface area contributed by atoms with Crippen LogP contribution in [0.5, 0.6) is 0 Å². The number of amides is 2. The SMILES string of the molecule is Cc1nn(-c2ccccc2)c(C)c1CC(=O)Nc1ccc(N2CCCC2=O)cc1. The first-order valence-corrected chi connectivity index (χ1v) is 9.84. The molecule has 2 amide bonds. The molecule has 0 unspecified atom stereocenters. The number of carbonyl (C=O) groups excluding carboxylic acids is 2. The number of aryl methyl sites for hydroxylation is 1. The van der Waals surface area contributed by atoms with Crippen LogP contribution in [0, 0.1) is 13.8 Å². The van der Waals surface area contributed by atoms with Crippen molar-refractivity contribution in [3.63, 3.8) is 0 Å². The van der Waals surface area contributed by atoms with Crippen LogP contribution in [0.25, 0.3) is 5.69 Å². The molecule has 0 aliphatic carbocycles. The van der Waals surface area contributed by atoms with Crippen LogP contribution in [0.3, 0.4) is 0 Å². The van der Waals surface area contributed by atoms with Gasteiger partial charge in [0.1, 0.15) is 0 Å². The smallest absolute Gasteiger partial charge is 0.228 e. The molecule has 1 N–H and O–H groups in total. The summed E-state index contributed by atoms with van der Waals surface area (Å²) < 4.78 is 1.87. The Bertz CT molecular complexity index is 1040. The van der Waals surface area contributed by atoms with Gasteiger partial charge in [-0.1, -0.05) is 18.2 Å². The van der Waals surface area contributed by atoms with Gasteiger partial charge in [-0.05, 0) is 56.7 Å². The molecule has 2 heterocycles. The van der Waals surface area contributed by atoms with Gasteiger partial charge >= 0.3 is 0 Å². The third kappa shape index (κ3) is 3.92. The Balaban J connectivity index is 1.45. The van der Waals surface area contributed by atoms with Crippen LogP contribution in [-0.2, 0) is 16.0 Å². The van der Waals surface area contributed by atoms with E-state index in [0.29, 0.717) is 6.42 Å². The summed E-state index contributed by atoms with van der Waals surface area (Å²) in [5, 5.41) is 7.55. The molecule has 3 aromatic rings. The predicted octanol–water partition coefficient (Wildman–Crippen LogP) is 3.80. The summed E-state index contributed by atoms with van der Waals surface area (Å²) in [7, 11) is 0. The van der Waals surface area contributed by atoms with Gasteiger partial charge in [-0.3, -0.25) is 9.59 Å².